The van der Waals surface area contributed by atoms with Crippen molar-refractivity contribution < 1.29 is 14.3 Å². The zero-order chi connectivity index (χ0) is 26.0. The van der Waals surface area contributed by atoms with Crippen LogP contribution in [0.4, 0.5) is 0 Å². The van der Waals surface area contributed by atoms with E-state index in [4.69, 9.17) is 14.6 Å². The summed E-state index contributed by atoms with van der Waals surface area (Å²) in [6.07, 6.45) is 3.57. The van der Waals surface area contributed by atoms with Crippen LogP contribution in [-0.4, -0.2) is 45.4 Å². The van der Waals surface area contributed by atoms with Crippen LogP contribution in [-0.2, 0) is 16.8 Å². The van der Waals surface area contributed by atoms with Crippen LogP contribution in [0.25, 0.3) is 22.3 Å². The molecule has 0 fully saturated rings. The highest BCUT2D eigenvalue weighted by molar-refractivity contribution is 5.93. The first-order valence-corrected chi connectivity index (χ1v) is 12.7. The molecule has 0 atom stereocenters. The van der Waals surface area contributed by atoms with Crippen LogP contribution in [0.2, 0.25) is 0 Å². The molecule has 0 bridgehead atoms. The second-order valence-electron chi connectivity index (χ2n) is 10.2. The molecule has 5 rings (SSSR count). The second kappa shape index (κ2) is 10.2. The van der Waals surface area contributed by atoms with Gasteiger partial charge >= 0.3 is 0 Å². The molecule has 0 unspecified atom stereocenters. The van der Waals surface area contributed by atoms with Gasteiger partial charge in [0.15, 0.2) is 17.1 Å². The van der Waals surface area contributed by atoms with Crippen LogP contribution in [0.3, 0.4) is 0 Å². The standard InChI is InChI=1S/C29H33N5O3/c1-19-8-11-22(12-9-19)27-26-20(2)31-18-32-28(26)34(33-27)29(3,4)17-30-25(35)7-5-6-21-10-13-23-24(16-21)37-15-14-36-23/h8-13,16,18H,5-7,14-15,17H2,1-4H3,(H,30,35). The number of ether oxygens (including phenoxy) is 2. The predicted molar refractivity (Wildman–Crippen MR) is 143 cm³/mol. The summed E-state index contributed by atoms with van der Waals surface area (Å²) in [4.78, 5) is 21.7. The summed E-state index contributed by atoms with van der Waals surface area (Å²) < 4.78 is 13.2. The minimum Gasteiger partial charge on any atom is -0.486 e. The maximum Gasteiger partial charge on any atom is 0.220 e. The number of fused-ring (bicyclic) bond motifs is 2. The van der Waals surface area contributed by atoms with Crippen molar-refractivity contribution in [2.24, 2.45) is 0 Å². The minimum absolute atomic E-state index is 0.0200. The smallest absolute Gasteiger partial charge is 0.220 e. The number of hydrogen-bond acceptors (Lipinski definition) is 6. The van der Waals surface area contributed by atoms with Crippen LogP contribution in [0.5, 0.6) is 11.5 Å². The molecule has 2 aromatic heterocycles. The Hall–Kier alpha value is -3.94. The molecule has 4 aromatic rings. The van der Waals surface area contributed by atoms with Gasteiger partial charge in [-0.25, -0.2) is 14.6 Å². The summed E-state index contributed by atoms with van der Waals surface area (Å²) in [5.41, 5.74) is 5.36. The lowest BCUT2D eigenvalue weighted by atomic mass is 10.0. The maximum atomic E-state index is 12.7. The molecular formula is C29H33N5O3. The van der Waals surface area contributed by atoms with Crippen molar-refractivity contribution in [3.63, 3.8) is 0 Å². The van der Waals surface area contributed by atoms with Gasteiger partial charge in [0.2, 0.25) is 5.91 Å². The summed E-state index contributed by atoms with van der Waals surface area (Å²) in [5.74, 6) is 1.59. The van der Waals surface area contributed by atoms with E-state index in [0.717, 1.165) is 57.9 Å². The van der Waals surface area contributed by atoms with Gasteiger partial charge in [0.25, 0.3) is 0 Å². The molecule has 0 saturated heterocycles. The maximum absolute atomic E-state index is 12.7. The number of benzene rings is 2. The van der Waals surface area contributed by atoms with Gasteiger partial charge in [-0.3, -0.25) is 4.79 Å². The molecule has 192 valence electrons. The number of amides is 1. The van der Waals surface area contributed by atoms with Crippen LogP contribution in [0.15, 0.2) is 48.8 Å². The lowest BCUT2D eigenvalue weighted by molar-refractivity contribution is -0.121. The van der Waals surface area contributed by atoms with Gasteiger partial charge in [0.1, 0.15) is 25.2 Å². The summed E-state index contributed by atoms with van der Waals surface area (Å²) in [5, 5.41) is 9.02. The van der Waals surface area contributed by atoms with Gasteiger partial charge in [-0.2, -0.15) is 5.10 Å². The van der Waals surface area contributed by atoms with E-state index in [1.54, 1.807) is 6.33 Å². The van der Waals surface area contributed by atoms with E-state index in [2.05, 4.69) is 60.3 Å². The second-order valence-corrected chi connectivity index (χ2v) is 10.2. The normalized spacial score (nSPS) is 13.1. The Bertz CT molecular complexity index is 1430. The lowest BCUT2D eigenvalue weighted by Gasteiger charge is -2.26. The number of carbonyl (C=O) groups excluding carboxylic acids is 1. The largest absolute Gasteiger partial charge is 0.486 e. The van der Waals surface area contributed by atoms with E-state index in [0.29, 0.717) is 26.2 Å². The van der Waals surface area contributed by atoms with Crippen molar-refractivity contribution in [2.75, 3.05) is 19.8 Å². The summed E-state index contributed by atoms with van der Waals surface area (Å²) in [7, 11) is 0. The molecule has 0 radical (unpaired) electrons. The number of aromatic nitrogens is 4. The highest BCUT2D eigenvalue weighted by Crippen LogP contribution is 2.32. The van der Waals surface area contributed by atoms with Crippen molar-refractivity contribution in [3.8, 4) is 22.8 Å². The zero-order valence-electron chi connectivity index (χ0n) is 21.9. The molecule has 1 N–H and O–H groups in total. The molecule has 1 aliphatic rings. The van der Waals surface area contributed by atoms with Gasteiger partial charge < -0.3 is 14.8 Å². The third-order valence-corrected chi connectivity index (χ3v) is 6.75. The fourth-order valence-corrected chi connectivity index (χ4v) is 4.61. The van der Waals surface area contributed by atoms with Crippen LogP contribution >= 0.6 is 0 Å². The van der Waals surface area contributed by atoms with E-state index in [9.17, 15) is 4.79 Å². The number of aryl methyl sites for hydroxylation is 3. The Morgan fingerprint density at radius 2 is 1.78 bits per heavy atom. The average molecular weight is 500 g/mol. The Kier molecular flexibility index (Phi) is 6.82. The molecular weight excluding hydrogens is 466 g/mol. The van der Waals surface area contributed by atoms with Gasteiger partial charge in [0, 0.05) is 18.5 Å². The highest BCUT2D eigenvalue weighted by Gasteiger charge is 2.28. The fraction of sp³-hybridized carbons (Fsp3) is 0.379. The molecule has 8 heteroatoms. The predicted octanol–water partition coefficient (Wildman–Crippen LogP) is 4.76. The van der Waals surface area contributed by atoms with E-state index < -0.39 is 5.54 Å². The third-order valence-electron chi connectivity index (χ3n) is 6.75. The molecule has 1 aliphatic heterocycles. The number of nitrogens with one attached hydrogen (secondary N) is 1. The quantitative estimate of drug-likeness (QED) is 0.376. The Morgan fingerprint density at radius 3 is 2.57 bits per heavy atom. The first kappa shape index (κ1) is 24.7. The lowest BCUT2D eigenvalue weighted by Crippen LogP contribution is -2.41. The molecule has 0 aliphatic carbocycles. The van der Waals surface area contributed by atoms with Gasteiger partial charge in [0.05, 0.1) is 16.6 Å². The number of rotatable bonds is 8. The van der Waals surface area contributed by atoms with Gasteiger partial charge in [-0.05, 0) is 58.2 Å². The monoisotopic (exact) mass is 499 g/mol. The molecule has 3 heterocycles. The number of nitrogens with zero attached hydrogens (tertiary/aromatic N) is 4. The minimum atomic E-state index is -0.493. The van der Waals surface area contributed by atoms with Crippen LogP contribution in [0, 0.1) is 13.8 Å². The van der Waals surface area contributed by atoms with E-state index >= 15 is 0 Å². The SMILES string of the molecule is Cc1ccc(-c2nn(C(C)(C)CNC(=O)CCCc3ccc4c(c3)OCCO4)c3ncnc(C)c23)cc1. The van der Waals surface area contributed by atoms with Crippen molar-refractivity contribution in [1.82, 2.24) is 25.1 Å². The number of carbonyl (C=O) groups is 1. The van der Waals surface area contributed by atoms with Crippen molar-refractivity contribution in [1.29, 1.82) is 0 Å². The summed E-state index contributed by atoms with van der Waals surface area (Å²) in [6, 6.07) is 14.3. The summed E-state index contributed by atoms with van der Waals surface area (Å²) in [6.45, 7) is 9.75. The average Bonchev–Trinajstić information content (AvgIpc) is 3.30. The topological polar surface area (TPSA) is 91.2 Å². The van der Waals surface area contributed by atoms with Crippen molar-refractivity contribution in [2.45, 2.75) is 52.5 Å². The van der Waals surface area contributed by atoms with E-state index in [1.165, 1.54) is 5.56 Å². The van der Waals surface area contributed by atoms with E-state index in [1.807, 2.05) is 29.8 Å². The molecule has 0 saturated carbocycles. The highest BCUT2D eigenvalue weighted by atomic mass is 16.6. The van der Waals surface area contributed by atoms with Gasteiger partial charge in [-0.1, -0.05) is 35.9 Å². The first-order chi connectivity index (χ1) is 17.8. The van der Waals surface area contributed by atoms with E-state index in [-0.39, 0.29) is 5.91 Å². The van der Waals surface area contributed by atoms with Crippen LogP contribution < -0.4 is 14.8 Å². The van der Waals surface area contributed by atoms with Crippen LogP contribution in [0.1, 0.15) is 43.5 Å². The molecule has 37 heavy (non-hydrogen) atoms. The van der Waals surface area contributed by atoms with Crippen molar-refractivity contribution in [3.05, 3.63) is 65.6 Å². The van der Waals surface area contributed by atoms with Gasteiger partial charge in [-0.15, -0.1) is 0 Å². The Labute approximate surface area is 217 Å². The first-order valence-electron chi connectivity index (χ1n) is 12.7. The number of hydrogen-bond donors (Lipinski definition) is 1. The zero-order valence-corrected chi connectivity index (χ0v) is 21.9. The molecule has 1 amide bonds. The fourth-order valence-electron chi connectivity index (χ4n) is 4.61. The Balaban J connectivity index is 1.25. The molecule has 8 nitrogen and oxygen atoms in total. The molecule has 2 aromatic carbocycles. The summed E-state index contributed by atoms with van der Waals surface area (Å²) >= 11 is 0. The third kappa shape index (κ3) is 5.28. The molecule has 0 spiro atoms. The Morgan fingerprint density at radius 1 is 1.03 bits per heavy atom. The van der Waals surface area contributed by atoms with Crippen molar-refractivity contribution >= 4 is 16.9 Å².